The maximum atomic E-state index is 15.5. The van der Waals surface area contributed by atoms with E-state index in [1.54, 1.807) is 30.3 Å². The summed E-state index contributed by atoms with van der Waals surface area (Å²) in [7, 11) is 0. The van der Waals surface area contributed by atoms with Crippen molar-refractivity contribution in [3.63, 3.8) is 0 Å². The summed E-state index contributed by atoms with van der Waals surface area (Å²) in [5, 5.41) is 17.9. The lowest BCUT2D eigenvalue weighted by Gasteiger charge is -2.27. The molecule has 8 nitrogen and oxygen atoms in total. The van der Waals surface area contributed by atoms with Crippen LogP contribution in [0.25, 0.3) is 22.3 Å². The number of hydrogen-bond acceptors (Lipinski definition) is 7. The molecule has 5 aromatic rings. The summed E-state index contributed by atoms with van der Waals surface area (Å²) in [4.78, 5) is 9.29. The van der Waals surface area contributed by atoms with E-state index >= 15 is 4.39 Å². The minimum Gasteiger partial charge on any atom is -0.473 e. The van der Waals surface area contributed by atoms with Gasteiger partial charge < -0.3 is 23.9 Å². The Kier molecular flexibility index (Phi) is 8.38. The Morgan fingerprint density at radius 2 is 1.81 bits per heavy atom. The number of aliphatic hydroxyl groups excluding tert-OH is 1. The van der Waals surface area contributed by atoms with E-state index in [-0.39, 0.29) is 49.8 Å². The molecule has 3 heterocycles. The highest BCUT2D eigenvalue weighted by atomic mass is 19.1. The topological polar surface area (TPSA) is 102 Å². The van der Waals surface area contributed by atoms with Crippen molar-refractivity contribution in [1.82, 2.24) is 14.5 Å². The summed E-state index contributed by atoms with van der Waals surface area (Å²) in [6.45, 7) is 1.18. The summed E-state index contributed by atoms with van der Waals surface area (Å²) < 4.78 is 48.3. The number of hydrogen-bond donors (Lipinski definition) is 1. The van der Waals surface area contributed by atoms with Gasteiger partial charge in [-0.3, -0.25) is 0 Å². The van der Waals surface area contributed by atoms with Crippen molar-refractivity contribution in [2.75, 3.05) is 13.4 Å². The summed E-state index contributed by atoms with van der Waals surface area (Å²) >= 11 is 0. The lowest BCUT2D eigenvalue weighted by Crippen LogP contribution is -2.31. The first-order chi connectivity index (χ1) is 21.0. The van der Waals surface area contributed by atoms with Gasteiger partial charge in [0, 0.05) is 30.2 Å². The number of rotatable bonds is 11. The summed E-state index contributed by atoms with van der Waals surface area (Å²) in [5.74, 6) is 0.0703. The molecule has 1 aliphatic heterocycles. The molecule has 0 radical (unpaired) electrons. The van der Waals surface area contributed by atoms with Gasteiger partial charge in [0.05, 0.1) is 47.6 Å². The maximum Gasteiger partial charge on any atom is 0.214 e. The normalized spacial score (nSPS) is 14.4. The lowest BCUT2D eigenvalue weighted by molar-refractivity contribution is -0.0589. The van der Waals surface area contributed by atoms with Gasteiger partial charge in [0.2, 0.25) is 5.88 Å². The summed E-state index contributed by atoms with van der Waals surface area (Å²) in [6.07, 6.45) is 1.31. The average Bonchev–Trinajstić information content (AvgIpc) is 3.34. The van der Waals surface area contributed by atoms with E-state index in [9.17, 15) is 4.39 Å². The molecular formula is C33H28F2N4O4. The quantitative estimate of drug-likeness (QED) is 0.200. The number of nitrogens with zero attached hydrogens (tertiary/aromatic N) is 4. The van der Waals surface area contributed by atoms with Crippen LogP contribution < -0.4 is 4.74 Å². The van der Waals surface area contributed by atoms with Gasteiger partial charge in [-0.25, -0.2) is 18.7 Å². The SMILES string of the molecule is N#Cc1ccc(COc2cccc(-c3ccc(Cc4nc5ccc(COCO)cc5n4CC4CCO4)c(F)c3)n2)c(F)c1. The zero-order chi connectivity index (χ0) is 29.8. The monoisotopic (exact) mass is 582 g/mol. The van der Waals surface area contributed by atoms with Crippen molar-refractivity contribution in [3.05, 3.63) is 113 Å². The number of aromatic nitrogens is 3. The minimum absolute atomic E-state index is 0.0653. The zero-order valence-electron chi connectivity index (χ0n) is 23.2. The van der Waals surface area contributed by atoms with Crippen LogP contribution in [-0.4, -0.2) is 39.1 Å². The van der Waals surface area contributed by atoms with E-state index in [4.69, 9.17) is 29.6 Å². The van der Waals surface area contributed by atoms with Crippen molar-refractivity contribution in [2.45, 2.75) is 38.7 Å². The van der Waals surface area contributed by atoms with Crippen molar-refractivity contribution in [1.29, 1.82) is 5.26 Å². The third-order valence-corrected chi connectivity index (χ3v) is 7.41. The molecule has 0 saturated carbocycles. The van der Waals surface area contributed by atoms with E-state index in [2.05, 4.69) is 9.55 Å². The molecule has 2 aromatic heterocycles. The van der Waals surface area contributed by atoms with Gasteiger partial charge in [-0.1, -0.05) is 30.3 Å². The van der Waals surface area contributed by atoms with Gasteiger partial charge in [0.15, 0.2) is 0 Å². The molecule has 6 rings (SSSR count). The smallest absolute Gasteiger partial charge is 0.214 e. The third-order valence-electron chi connectivity index (χ3n) is 7.41. The molecule has 0 bridgehead atoms. The maximum absolute atomic E-state index is 15.5. The van der Waals surface area contributed by atoms with Gasteiger partial charge in [-0.15, -0.1) is 0 Å². The molecule has 1 fully saturated rings. The molecule has 0 aliphatic carbocycles. The van der Waals surface area contributed by atoms with Gasteiger partial charge in [-0.2, -0.15) is 5.26 Å². The molecule has 0 amide bonds. The molecular weight excluding hydrogens is 554 g/mol. The molecule has 218 valence electrons. The fourth-order valence-corrected chi connectivity index (χ4v) is 5.00. The van der Waals surface area contributed by atoms with Gasteiger partial charge in [0.1, 0.15) is 30.9 Å². The molecule has 1 N–H and O–H groups in total. The Morgan fingerprint density at radius 3 is 2.56 bits per heavy atom. The van der Waals surface area contributed by atoms with Crippen LogP contribution in [0.1, 0.15) is 34.5 Å². The molecule has 1 atom stereocenters. The number of halogens is 2. The van der Waals surface area contributed by atoms with Crippen LogP contribution in [-0.2, 0) is 35.7 Å². The fourth-order valence-electron chi connectivity index (χ4n) is 5.00. The van der Waals surface area contributed by atoms with E-state index in [1.807, 2.05) is 24.3 Å². The number of aliphatic hydroxyl groups is 1. The third kappa shape index (κ3) is 6.39. The van der Waals surface area contributed by atoms with Crippen molar-refractivity contribution in [2.24, 2.45) is 0 Å². The Labute approximate surface area is 246 Å². The first kappa shape index (κ1) is 28.4. The fraction of sp³-hybridized carbons (Fsp3) is 0.242. The first-order valence-electron chi connectivity index (χ1n) is 13.9. The van der Waals surface area contributed by atoms with Crippen molar-refractivity contribution >= 4 is 11.0 Å². The average molecular weight is 583 g/mol. The summed E-state index contributed by atoms with van der Waals surface area (Å²) in [5.41, 5.74) is 4.70. The van der Waals surface area contributed by atoms with Crippen LogP contribution in [0.4, 0.5) is 8.78 Å². The van der Waals surface area contributed by atoms with E-state index < -0.39 is 5.82 Å². The highest BCUT2D eigenvalue weighted by Gasteiger charge is 2.23. The van der Waals surface area contributed by atoms with Crippen molar-refractivity contribution < 1.29 is 28.1 Å². The number of benzene rings is 3. The Hall–Kier alpha value is -4.69. The van der Waals surface area contributed by atoms with Crippen LogP contribution in [0.5, 0.6) is 5.88 Å². The Bertz CT molecular complexity index is 1810. The molecule has 3 aromatic carbocycles. The van der Waals surface area contributed by atoms with E-state index in [1.165, 1.54) is 18.2 Å². The number of nitriles is 1. The molecule has 1 saturated heterocycles. The summed E-state index contributed by atoms with van der Waals surface area (Å²) in [6, 6.07) is 22.0. The van der Waals surface area contributed by atoms with E-state index in [0.717, 1.165) is 41.5 Å². The van der Waals surface area contributed by atoms with Crippen LogP contribution in [0, 0.1) is 23.0 Å². The molecule has 1 unspecified atom stereocenters. The second-order valence-electron chi connectivity index (χ2n) is 10.3. The largest absolute Gasteiger partial charge is 0.473 e. The molecule has 43 heavy (non-hydrogen) atoms. The number of imidazole rings is 1. The van der Waals surface area contributed by atoms with Crippen LogP contribution in [0.15, 0.2) is 72.8 Å². The second kappa shape index (κ2) is 12.7. The number of pyridine rings is 1. The molecule has 0 spiro atoms. The minimum atomic E-state index is -0.530. The van der Waals surface area contributed by atoms with Gasteiger partial charge in [-0.05, 0) is 53.9 Å². The van der Waals surface area contributed by atoms with E-state index in [0.29, 0.717) is 28.9 Å². The standard InChI is InChI=1S/C33H28F2N4O4/c34-27-12-21(16-36)4-6-25(27)19-43-33-3-1-2-29(38-33)24-8-7-23(28(35)14-24)15-32-37-30-9-5-22(18-41-20-40)13-31(30)39(32)17-26-10-11-42-26/h1-9,12-14,26,40H,10-11,15,17-20H2. The molecule has 10 heteroatoms. The predicted octanol–water partition coefficient (Wildman–Crippen LogP) is 5.67. The Balaban J connectivity index is 1.21. The highest BCUT2D eigenvalue weighted by Crippen LogP contribution is 2.27. The van der Waals surface area contributed by atoms with Crippen LogP contribution in [0.3, 0.4) is 0 Å². The van der Waals surface area contributed by atoms with Crippen LogP contribution >= 0.6 is 0 Å². The number of ether oxygens (including phenoxy) is 3. The predicted molar refractivity (Wildman–Crippen MR) is 154 cm³/mol. The van der Waals surface area contributed by atoms with Crippen molar-refractivity contribution in [3.8, 4) is 23.2 Å². The van der Waals surface area contributed by atoms with Gasteiger partial charge >= 0.3 is 0 Å². The van der Waals surface area contributed by atoms with Crippen LogP contribution in [0.2, 0.25) is 0 Å². The zero-order valence-corrected chi connectivity index (χ0v) is 23.2. The van der Waals surface area contributed by atoms with Gasteiger partial charge in [0.25, 0.3) is 0 Å². The Morgan fingerprint density at radius 1 is 0.977 bits per heavy atom. The second-order valence-corrected chi connectivity index (χ2v) is 10.3. The highest BCUT2D eigenvalue weighted by molar-refractivity contribution is 5.77. The molecule has 1 aliphatic rings. The first-order valence-corrected chi connectivity index (χ1v) is 13.9. The lowest BCUT2D eigenvalue weighted by atomic mass is 10.1. The number of fused-ring (bicyclic) bond motifs is 1.